The van der Waals surface area contributed by atoms with Gasteiger partial charge in [0, 0.05) is 25.5 Å². The van der Waals surface area contributed by atoms with Crippen LogP contribution in [0, 0.1) is 11.8 Å². The topological polar surface area (TPSA) is 17.0 Å². The molecule has 0 aliphatic heterocycles. The van der Waals surface area contributed by atoms with Crippen molar-refractivity contribution in [3.63, 3.8) is 0 Å². The number of aromatic nitrogens is 1. The van der Waals surface area contributed by atoms with Gasteiger partial charge in [-0.2, -0.15) is 0 Å². The molecule has 2 heteroatoms. The van der Waals surface area contributed by atoms with Crippen molar-refractivity contribution < 1.29 is 0 Å². The summed E-state index contributed by atoms with van der Waals surface area (Å²) in [5.74, 6) is 1.93. The Morgan fingerprint density at radius 3 is 2.58 bits per heavy atom. The van der Waals surface area contributed by atoms with E-state index in [0.29, 0.717) is 0 Å². The summed E-state index contributed by atoms with van der Waals surface area (Å²) in [5, 5.41) is 3.65. The second-order valence-corrected chi connectivity index (χ2v) is 6.18. The Kier molecular flexibility index (Phi) is 5.96. The summed E-state index contributed by atoms with van der Waals surface area (Å²) in [6.45, 7) is 7.94. The predicted octanol–water partition coefficient (Wildman–Crippen LogP) is 4.20. The molecular formula is C17H30N2. The zero-order chi connectivity index (χ0) is 13.5. The summed E-state index contributed by atoms with van der Waals surface area (Å²) in [6.07, 6.45) is 12.8. The number of nitrogens with zero attached hydrogens (tertiary/aromatic N) is 1. The summed E-state index contributed by atoms with van der Waals surface area (Å²) in [7, 11) is 0. The highest BCUT2D eigenvalue weighted by Crippen LogP contribution is 2.30. The lowest BCUT2D eigenvalue weighted by molar-refractivity contribution is 0.262. The Morgan fingerprint density at radius 1 is 1.16 bits per heavy atom. The SMILES string of the molecule is CCCn1ccc(CNCC2CCC(CC)CC2)c1. The maximum Gasteiger partial charge on any atom is 0.0220 e. The van der Waals surface area contributed by atoms with E-state index in [1.807, 2.05) is 0 Å². The van der Waals surface area contributed by atoms with E-state index in [1.165, 1.54) is 50.6 Å². The largest absolute Gasteiger partial charge is 0.354 e. The van der Waals surface area contributed by atoms with Crippen LogP contribution in [0.15, 0.2) is 18.5 Å². The minimum Gasteiger partial charge on any atom is -0.354 e. The Bertz CT molecular complexity index is 348. The van der Waals surface area contributed by atoms with Gasteiger partial charge in [-0.25, -0.2) is 0 Å². The van der Waals surface area contributed by atoms with Gasteiger partial charge in [-0.1, -0.05) is 33.1 Å². The molecule has 0 unspecified atom stereocenters. The first-order valence-corrected chi connectivity index (χ1v) is 8.17. The molecule has 0 radical (unpaired) electrons. The fourth-order valence-corrected chi connectivity index (χ4v) is 3.26. The number of hydrogen-bond donors (Lipinski definition) is 1. The van der Waals surface area contributed by atoms with Crippen molar-refractivity contribution in [2.24, 2.45) is 11.8 Å². The lowest BCUT2D eigenvalue weighted by Gasteiger charge is -2.27. The molecule has 1 N–H and O–H groups in total. The molecule has 0 atom stereocenters. The van der Waals surface area contributed by atoms with Gasteiger partial charge in [0.25, 0.3) is 0 Å². The minimum atomic E-state index is 0.917. The molecular weight excluding hydrogens is 232 g/mol. The monoisotopic (exact) mass is 262 g/mol. The molecule has 0 bridgehead atoms. The molecule has 1 saturated carbocycles. The van der Waals surface area contributed by atoms with Gasteiger partial charge < -0.3 is 9.88 Å². The van der Waals surface area contributed by atoms with Crippen molar-refractivity contribution in [1.82, 2.24) is 9.88 Å². The van der Waals surface area contributed by atoms with E-state index < -0.39 is 0 Å². The Hall–Kier alpha value is -0.760. The van der Waals surface area contributed by atoms with E-state index >= 15 is 0 Å². The zero-order valence-electron chi connectivity index (χ0n) is 12.7. The van der Waals surface area contributed by atoms with Gasteiger partial charge in [-0.15, -0.1) is 0 Å². The zero-order valence-corrected chi connectivity index (χ0v) is 12.7. The number of rotatable bonds is 7. The molecule has 1 aromatic heterocycles. The highest BCUT2D eigenvalue weighted by Gasteiger charge is 2.19. The first-order valence-electron chi connectivity index (χ1n) is 8.17. The van der Waals surface area contributed by atoms with Crippen molar-refractivity contribution in [2.45, 2.75) is 65.5 Å². The van der Waals surface area contributed by atoms with Gasteiger partial charge in [-0.05, 0) is 49.3 Å². The standard InChI is InChI=1S/C17H30N2/c1-3-10-19-11-9-17(14-19)13-18-12-16-7-5-15(4-2)6-8-16/h9,11,14-16,18H,3-8,10,12-13H2,1-2H3. The average molecular weight is 262 g/mol. The molecule has 19 heavy (non-hydrogen) atoms. The van der Waals surface area contributed by atoms with Gasteiger partial charge in [0.05, 0.1) is 0 Å². The fourth-order valence-electron chi connectivity index (χ4n) is 3.26. The molecule has 1 fully saturated rings. The summed E-state index contributed by atoms with van der Waals surface area (Å²) in [6, 6.07) is 2.25. The average Bonchev–Trinajstić information content (AvgIpc) is 2.88. The Labute approximate surface area is 118 Å². The van der Waals surface area contributed by atoms with Crippen LogP contribution in [0.1, 0.15) is 57.9 Å². The van der Waals surface area contributed by atoms with E-state index in [2.05, 4.69) is 42.2 Å². The molecule has 1 aliphatic carbocycles. The maximum absolute atomic E-state index is 3.65. The van der Waals surface area contributed by atoms with Crippen molar-refractivity contribution >= 4 is 0 Å². The fraction of sp³-hybridized carbons (Fsp3) is 0.765. The molecule has 0 saturated heterocycles. The van der Waals surface area contributed by atoms with Gasteiger partial charge in [-0.3, -0.25) is 0 Å². The van der Waals surface area contributed by atoms with Crippen molar-refractivity contribution in [1.29, 1.82) is 0 Å². The summed E-state index contributed by atoms with van der Waals surface area (Å²) >= 11 is 0. The number of aryl methyl sites for hydroxylation is 1. The van der Waals surface area contributed by atoms with Crippen LogP contribution in [0.25, 0.3) is 0 Å². The van der Waals surface area contributed by atoms with E-state index in [0.717, 1.165) is 24.9 Å². The van der Waals surface area contributed by atoms with Crippen LogP contribution in [0.4, 0.5) is 0 Å². The number of nitrogens with one attached hydrogen (secondary N) is 1. The lowest BCUT2D eigenvalue weighted by Crippen LogP contribution is -2.26. The smallest absolute Gasteiger partial charge is 0.0220 e. The predicted molar refractivity (Wildman–Crippen MR) is 82.2 cm³/mol. The molecule has 108 valence electrons. The van der Waals surface area contributed by atoms with Crippen LogP contribution in [0.5, 0.6) is 0 Å². The first kappa shape index (κ1) is 14.6. The van der Waals surface area contributed by atoms with E-state index in [1.54, 1.807) is 0 Å². The first-order chi connectivity index (χ1) is 9.31. The minimum absolute atomic E-state index is 0.917. The molecule has 1 aromatic rings. The second kappa shape index (κ2) is 7.74. The molecule has 0 amide bonds. The van der Waals surface area contributed by atoms with Crippen LogP contribution < -0.4 is 5.32 Å². The van der Waals surface area contributed by atoms with Crippen LogP contribution >= 0.6 is 0 Å². The van der Waals surface area contributed by atoms with Crippen LogP contribution in [-0.4, -0.2) is 11.1 Å². The lowest BCUT2D eigenvalue weighted by atomic mass is 9.81. The third kappa shape index (κ3) is 4.68. The second-order valence-electron chi connectivity index (χ2n) is 6.18. The van der Waals surface area contributed by atoms with Gasteiger partial charge in [0.2, 0.25) is 0 Å². The summed E-state index contributed by atoms with van der Waals surface area (Å²) in [5.41, 5.74) is 1.43. The van der Waals surface area contributed by atoms with E-state index in [9.17, 15) is 0 Å². The molecule has 0 spiro atoms. The normalized spacial score (nSPS) is 23.7. The summed E-state index contributed by atoms with van der Waals surface area (Å²) in [4.78, 5) is 0. The molecule has 1 aliphatic rings. The van der Waals surface area contributed by atoms with Crippen molar-refractivity contribution in [3.8, 4) is 0 Å². The highest BCUT2D eigenvalue weighted by atomic mass is 14.9. The molecule has 2 nitrogen and oxygen atoms in total. The van der Waals surface area contributed by atoms with Crippen LogP contribution in [-0.2, 0) is 13.1 Å². The number of hydrogen-bond acceptors (Lipinski definition) is 1. The van der Waals surface area contributed by atoms with Crippen LogP contribution in [0.3, 0.4) is 0 Å². The van der Waals surface area contributed by atoms with Gasteiger partial charge in [0.15, 0.2) is 0 Å². The summed E-state index contributed by atoms with van der Waals surface area (Å²) < 4.78 is 2.30. The Morgan fingerprint density at radius 2 is 1.89 bits per heavy atom. The quantitative estimate of drug-likeness (QED) is 0.779. The Balaban J connectivity index is 1.63. The highest BCUT2D eigenvalue weighted by molar-refractivity contribution is 5.09. The van der Waals surface area contributed by atoms with Crippen LogP contribution in [0.2, 0.25) is 0 Å². The van der Waals surface area contributed by atoms with E-state index in [-0.39, 0.29) is 0 Å². The third-order valence-electron chi connectivity index (χ3n) is 4.60. The third-order valence-corrected chi connectivity index (χ3v) is 4.60. The molecule has 2 rings (SSSR count). The van der Waals surface area contributed by atoms with Crippen molar-refractivity contribution in [2.75, 3.05) is 6.54 Å². The molecule has 0 aromatic carbocycles. The van der Waals surface area contributed by atoms with Gasteiger partial charge >= 0.3 is 0 Å². The van der Waals surface area contributed by atoms with Gasteiger partial charge in [0.1, 0.15) is 0 Å². The van der Waals surface area contributed by atoms with E-state index in [4.69, 9.17) is 0 Å². The maximum atomic E-state index is 3.65. The van der Waals surface area contributed by atoms with Crippen molar-refractivity contribution in [3.05, 3.63) is 24.0 Å². The molecule has 1 heterocycles.